The van der Waals surface area contributed by atoms with Crippen LogP contribution < -0.4 is 5.73 Å². The Morgan fingerprint density at radius 1 is 1.05 bits per heavy atom. The van der Waals surface area contributed by atoms with E-state index in [0.717, 1.165) is 23.5 Å². The molecule has 0 atom stereocenters. The average Bonchev–Trinajstić information content (AvgIpc) is 2.11. The Hall–Kier alpha value is -0.340. The minimum Gasteiger partial charge on any atom is -0.368 e. The fourth-order valence-corrected chi connectivity index (χ4v) is 4.53. The highest BCUT2D eigenvalue weighted by molar-refractivity contribution is 8.39. The lowest BCUT2D eigenvalue weighted by molar-refractivity contribution is 0.483. The van der Waals surface area contributed by atoms with Gasteiger partial charge in [0.25, 0.3) is 20.2 Å². The van der Waals surface area contributed by atoms with Crippen molar-refractivity contribution in [2.75, 3.05) is 23.0 Å². The predicted octanol–water partition coefficient (Wildman–Crippen LogP) is -0.522. The van der Waals surface area contributed by atoms with E-state index in [1.807, 2.05) is 0 Å². The molecule has 0 saturated heterocycles. The van der Waals surface area contributed by atoms with E-state index in [1.54, 1.807) is 0 Å². The van der Waals surface area contributed by atoms with Gasteiger partial charge in [0.05, 0.1) is 11.5 Å². The van der Waals surface area contributed by atoms with E-state index in [2.05, 4.69) is 4.99 Å². The molecule has 112 valence electrons. The van der Waals surface area contributed by atoms with Gasteiger partial charge in [0, 0.05) is 11.5 Å². The molecule has 13 heteroatoms. The van der Waals surface area contributed by atoms with Gasteiger partial charge in [-0.15, -0.1) is 0 Å². The molecule has 0 aliphatic rings. The maximum atomic E-state index is 10.5. The summed E-state index contributed by atoms with van der Waals surface area (Å²) < 4.78 is 59.2. The van der Waals surface area contributed by atoms with Gasteiger partial charge >= 0.3 is 0 Å². The van der Waals surface area contributed by atoms with Crippen molar-refractivity contribution < 1.29 is 25.9 Å². The van der Waals surface area contributed by atoms with Crippen LogP contribution in [0.25, 0.3) is 0 Å². The van der Waals surface area contributed by atoms with E-state index >= 15 is 0 Å². The van der Waals surface area contributed by atoms with Crippen LogP contribution in [-0.2, 0) is 20.2 Å². The highest BCUT2D eigenvalue weighted by atomic mass is 32.2. The molecule has 0 aromatic carbocycles. The lowest BCUT2D eigenvalue weighted by Gasteiger charge is -2.04. The molecule has 19 heavy (non-hydrogen) atoms. The number of thioether (sulfide) groups is 2. The lowest BCUT2D eigenvalue weighted by Crippen LogP contribution is -2.12. The highest BCUT2D eigenvalue weighted by Crippen LogP contribution is 2.18. The largest absolute Gasteiger partial charge is 0.368 e. The zero-order valence-corrected chi connectivity index (χ0v) is 12.8. The Morgan fingerprint density at radius 2 is 1.42 bits per heavy atom. The van der Waals surface area contributed by atoms with E-state index in [0.29, 0.717) is 0 Å². The van der Waals surface area contributed by atoms with Crippen LogP contribution in [-0.4, -0.2) is 59.3 Å². The number of nitrogens with two attached hydrogens (primary N) is 1. The van der Waals surface area contributed by atoms with Crippen LogP contribution in [0.2, 0.25) is 0 Å². The molecule has 0 rings (SSSR count). The molecule has 0 aromatic rings. The molecule has 0 bridgehead atoms. The van der Waals surface area contributed by atoms with E-state index in [9.17, 15) is 16.8 Å². The van der Waals surface area contributed by atoms with E-state index in [-0.39, 0.29) is 15.9 Å². The number of hydrogen-bond donors (Lipinski definition) is 4. The summed E-state index contributed by atoms with van der Waals surface area (Å²) in [7, 11) is -8.20. The summed E-state index contributed by atoms with van der Waals surface area (Å²) in [5.74, 6) is -1.58. The smallest absolute Gasteiger partial charge is 0.265 e. The second kappa shape index (κ2) is 8.06. The highest BCUT2D eigenvalue weighted by Gasteiger charge is 2.10. The van der Waals surface area contributed by atoms with Gasteiger partial charge in [0.2, 0.25) is 5.96 Å². The third kappa shape index (κ3) is 13.9. The van der Waals surface area contributed by atoms with Crippen LogP contribution in [0.5, 0.6) is 0 Å². The molecule has 9 nitrogen and oxygen atoms in total. The van der Waals surface area contributed by atoms with Crippen molar-refractivity contribution in [2.24, 2.45) is 10.7 Å². The third-order valence-electron chi connectivity index (χ3n) is 1.35. The Kier molecular flexibility index (Phi) is 7.92. The van der Waals surface area contributed by atoms with Crippen molar-refractivity contribution >= 4 is 54.1 Å². The molecule has 0 aliphatic carbocycles. The SMILES string of the molecule is N=C(N)N=C(SCCS(=O)(=O)O)SCCS(=O)(=O)O. The van der Waals surface area contributed by atoms with Gasteiger partial charge < -0.3 is 5.73 Å². The Labute approximate surface area is 119 Å². The number of nitrogens with one attached hydrogen (secondary N) is 1. The summed E-state index contributed by atoms with van der Waals surface area (Å²) in [6.45, 7) is 0. The quantitative estimate of drug-likeness (QED) is 0.279. The van der Waals surface area contributed by atoms with Crippen LogP contribution in [0.3, 0.4) is 0 Å². The van der Waals surface area contributed by atoms with Crippen molar-refractivity contribution in [2.45, 2.75) is 0 Å². The number of hydrogen-bond acceptors (Lipinski definition) is 7. The van der Waals surface area contributed by atoms with E-state index in [4.69, 9.17) is 20.2 Å². The predicted molar refractivity (Wildman–Crippen MR) is 77.1 cm³/mol. The zero-order chi connectivity index (χ0) is 15.1. The molecular formula is C6H13N3O6S4. The fraction of sp³-hybridized carbons (Fsp3) is 0.667. The maximum Gasteiger partial charge on any atom is 0.265 e. The Bertz CT molecular complexity index is 499. The fourth-order valence-electron chi connectivity index (χ4n) is 0.673. The number of rotatable bonds is 6. The summed E-state index contributed by atoms with van der Waals surface area (Å²) in [5.41, 5.74) is 5.04. The second-order valence-corrected chi connectivity index (χ2v) is 8.60. The van der Waals surface area contributed by atoms with Crippen LogP contribution in [0.4, 0.5) is 0 Å². The van der Waals surface area contributed by atoms with E-state index in [1.165, 1.54) is 0 Å². The molecule has 0 fully saturated rings. The molecule has 0 aliphatic heterocycles. The van der Waals surface area contributed by atoms with Crippen molar-refractivity contribution in [1.82, 2.24) is 0 Å². The van der Waals surface area contributed by atoms with Gasteiger partial charge in [-0.1, -0.05) is 23.5 Å². The summed E-state index contributed by atoms with van der Waals surface area (Å²) in [6.07, 6.45) is 0. The van der Waals surface area contributed by atoms with Gasteiger partial charge in [-0.2, -0.15) is 16.8 Å². The molecule has 0 unspecified atom stereocenters. The van der Waals surface area contributed by atoms with Gasteiger partial charge in [0.15, 0.2) is 0 Å². The number of aliphatic imine (C=N–C) groups is 1. The first-order valence-electron chi connectivity index (χ1n) is 4.58. The monoisotopic (exact) mass is 351 g/mol. The first kappa shape index (κ1) is 18.7. The van der Waals surface area contributed by atoms with Gasteiger partial charge in [-0.3, -0.25) is 14.5 Å². The average molecular weight is 351 g/mol. The molecule has 0 radical (unpaired) electrons. The third-order valence-corrected chi connectivity index (χ3v) is 5.50. The zero-order valence-electron chi connectivity index (χ0n) is 9.51. The summed E-state index contributed by atoms with van der Waals surface area (Å²) in [5, 5.41) is 6.97. The van der Waals surface area contributed by atoms with Gasteiger partial charge in [-0.25, -0.2) is 4.99 Å². The molecule has 0 heterocycles. The minimum absolute atomic E-state index is 0.0240. The van der Waals surface area contributed by atoms with Crippen molar-refractivity contribution in [1.29, 1.82) is 5.41 Å². The molecule has 5 N–H and O–H groups in total. The minimum atomic E-state index is -4.10. The van der Waals surface area contributed by atoms with Crippen LogP contribution in [0, 0.1) is 5.41 Å². The molecule has 0 aromatic heterocycles. The maximum absolute atomic E-state index is 10.5. The first-order valence-corrected chi connectivity index (χ1v) is 9.77. The van der Waals surface area contributed by atoms with Crippen molar-refractivity contribution in [3.8, 4) is 0 Å². The topological polar surface area (TPSA) is 171 Å². The second-order valence-electron chi connectivity index (χ2n) is 3.03. The van der Waals surface area contributed by atoms with Gasteiger partial charge in [-0.05, 0) is 0 Å². The summed E-state index contributed by atoms with van der Waals surface area (Å²) in [4.78, 5) is 3.57. The normalized spacial score (nSPS) is 12.1. The van der Waals surface area contributed by atoms with Crippen molar-refractivity contribution in [3.63, 3.8) is 0 Å². The summed E-state index contributed by atoms with van der Waals surface area (Å²) in [6, 6.07) is 0. The van der Waals surface area contributed by atoms with Crippen molar-refractivity contribution in [3.05, 3.63) is 0 Å². The molecular weight excluding hydrogens is 338 g/mol. The first-order chi connectivity index (χ1) is 8.49. The molecule has 0 spiro atoms. The number of nitrogens with zero attached hydrogens (tertiary/aromatic N) is 1. The number of guanidine groups is 1. The van der Waals surface area contributed by atoms with Crippen LogP contribution in [0.15, 0.2) is 4.99 Å². The van der Waals surface area contributed by atoms with Crippen LogP contribution in [0.1, 0.15) is 0 Å². The summed E-state index contributed by atoms with van der Waals surface area (Å²) >= 11 is 1.81. The lowest BCUT2D eigenvalue weighted by atomic mass is 11.0. The Morgan fingerprint density at radius 3 is 1.68 bits per heavy atom. The van der Waals surface area contributed by atoms with Crippen LogP contribution >= 0.6 is 23.5 Å². The Balaban J connectivity index is 4.37. The van der Waals surface area contributed by atoms with Gasteiger partial charge in [0.1, 0.15) is 4.38 Å². The molecule has 0 amide bonds. The molecule has 0 saturated carbocycles. The van der Waals surface area contributed by atoms with E-state index < -0.39 is 37.7 Å². The standard InChI is InChI=1S/C6H13N3O6S4/c7-5(8)9-6(16-1-3-18(10,11)12)17-2-4-19(13,14)15/h1-4H2,(H3,7,8)(H,10,11,12)(H,13,14,15).